The topological polar surface area (TPSA) is 101 Å². The molecular weight excluding hydrogens is 334 g/mol. The van der Waals surface area contributed by atoms with E-state index in [1.54, 1.807) is 0 Å². The predicted molar refractivity (Wildman–Crippen MR) is 76.3 cm³/mol. The third kappa shape index (κ3) is 3.66. The summed E-state index contributed by atoms with van der Waals surface area (Å²) in [5.74, 6) is -2.00. The Morgan fingerprint density at radius 1 is 1.22 bits per heavy atom. The minimum Gasteiger partial charge on any atom is -0.460 e. The van der Waals surface area contributed by atoms with Crippen LogP contribution in [0.15, 0.2) is 0 Å². The Bertz CT molecular complexity index is 574. The Hall–Kier alpha value is -0.800. The fourth-order valence-electron chi connectivity index (χ4n) is 4.65. The lowest BCUT2D eigenvalue weighted by molar-refractivity contribution is -0.177. The van der Waals surface area contributed by atoms with E-state index in [0.29, 0.717) is 32.1 Å². The average molecular weight is 356 g/mol. The molecule has 2 fully saturated rings. The molecule has 2 rings (SSSR count). The van der Waals surface area contributed by atoms with E-state index < -0.39 is 39.0 Å². The summed E-state index contributed by atoms with van der Waals surface area (Å²) in [6, 6.07) is 0. The maximum atomic E-state index is 13.3. The van der Waals surface area contributed by atoms with Crippen molar-refractivity contribution in [3.63, 3.8) is 0 Å². The van der Waals surface area contributed by atoms with Crippen LogP contribution >= 0.6 is 0 Å². The molecule has 6 nitrogen and oxygen atoms in total. The second kappa shape index (κ2) is 5.63. The monoisotopic (exact) mass is 356 g/mol. The Kier molecular flexibility index (Phi) is 4.54. The summed E-state index contributed by atoms with van der Waals surface area (Å²) in [5.41, 5.74) is -1.55. The van der Waals surface area contributed by atoms with E-state index in [1.165, 1.54) is 0 Å². The number of halogens is 2. The molecule has 0 aromatic heterocycles. The van der Waals surface area contributed by atoms with Gasteiger partial charge < -0.3 is 9.84 Å². The third-order valence-corrected chi connectivity index (χ3v) is 5.61. The van der Waals surface area contributed by atoms with E-state index in [0.717, 1.165) is 0 Å². The van der Waals surface area contributed by atoms with Crippen LogP contribution in [0.1, 0.15) is 46.0 Å². The fraction of sp³-hybridized carbons (Fsp3) is 0.929. The smallest absolute Gasteiger partial charge is 0.460 e. The first kappa shape index (κ1) is 18.5. The van der Waals surface area contributed by atoms with Crippen LogP contribution in [0.2, 0.25) is 0 Å². The normalized spacial score (nSPS) is 38.2. The van der Waals surface area contributed by atoms with Crippen molar-refractivity contribution in [1.29, 1.82) is 0 Å². The Morgan fingerprint density at radius 3 is 2.13 bits per heavy atom. The molecule has 0 spiro atoms. The van der Waals surface area contributed by atoms with Gasteiger partial charge in [-0.2, -0.15) is 17.2 Å². The third-order valence-electron chi connectivity index (χ3n) is 4.79. The first-order chi connectivity index (χ1) is 10.3. The molecule has 0 radical (unpaired) electrons. The van der Waals surface area contributed by atoms with Crippen LogP contribution in [0, 0.1) is 17.3 Å². The molecule has 0 aliphatic heterocycles. The van der Waals surface area contributed by atoms with Gasteiger partial charge in [0.2, 0.25) is 0 Å². The summed E-state index contributed by atoms with van der Waals surface area (Å²) in [6.07, 6.45) is 2.75. The molecule has 0 heterocycles. The van der Waals surface area contributed by atoms with Crippen molar-refractivity contribution in [2.24, 2.45) is 17.3 Å². The van der Waals surface area contributed by atoms with Crippen LogP contribution in [-0.4, -0.2) is 41.5 Å². The van der Waals surface area contributed by atoms with Crippen LogP contribution in [-0.2, 0) is 19.6 Å². The molecule has 2 unspecified atom stereocenters. The zero-order valence-corrected chi connectivity index (χ0v) is 13.9. The van der Waals surface area contributed by atoms with Gasteiger partial charge in [0.15, 0.2) is 0 Å². The van der Waals surface area contributed by atoms with Crippen LogP contribution in [0.3, 0.4) is 0 Å². The highest BCUT2D eigenvalue weighted by Gasteiger charge is 2.56. The van der Waals surface area contributed by atoms with Crippen molar-refractivity contribution in [2.45, 2.75) is 56.8 Å². The second-order valence-electron chi connectivity index (χ2n) is 7.50. The van der Waals surface area contributed by atoms with Crippen molar-refractivity contribution < 1.29 is 36.4 Å². The fourth-order valence-corrected chi connectivity index (χ4v) is 4.92. The lowest BCUT2D eigenvalue weighted by Crippen LogP contribution is -2.52. The zero-order chi connectivity index (χ0) is 17.7. The maximum Gasteiger partial charge on any atom is 0.465 e. The minimum atomic E-state index is -5.87. The number of ether oxygens (including phenoxy) is 1. The number of alkyl halides is 2. The van der Waals surface area contributed by atoms with Crippen molar-refractivity contribution in [3.8, 4) is 0 Å². The van der Waals surface area contributed by atoms with E-state index in [4.69, 9.17) is 4.55 Å². The van der Waals surface area contributed by atoms with E-state index >= 15 is 0 Å². The van der Waals surface area contributed by atoms with Gasteiger partial charge in [-0.25, -0.2) is 4.79 Å². The highest BCUT2D eigenvalue weighted by molar-refractivity contribution is 7.87. The van der Waals surface area contributed by atoms with Crippen LogP contribution in [0.25, 0.3) is 0 Å². The van der Waals surface area contributed by atoms with Gasteiger partial charge in [0, 0.05) is 5.41 Å². The molecule has 0 amide bonds. The van der Waals surface area contributed by atoms with Gasteiger partial charge in [0.25, 0.3) is 0 Å². The van der Waals surface area contributed by atoms with Crippen molar-refractivity contribution in [1.82, 2.24) is 0 Å². The molecule has 2 N–H and O–H groups in total. The summed E-state index contributed by atoms with van der Waals surface area (Å²) < 4.78 is 60.7. The van der Waals surface area contributed by atoms with Gasteiger partial charge >= 0.3 is 21.3 Å². The van der Waals surface area contributed by atoms with E-state index in [9.17, 15) is 27.1 Å². The molecule has 23 heavy (non-hydrogen) atoms. The highest BCUT2D eigenvalue weighted by Crippen LogP contribution is 2.54. The zero-order valence-electron chi connectivity index (χ0n) is 13.1. The number of esters is 1. The number of fused-ring (bicyclic) bond motifs is 2. The lowest BCUT2D eigenvalue weighted by atomic mass is 9.55. The number of hydrogen-bond donors (Lipinski definition) is 2. The molecule has 2 atom stereocenters. The Morgan fingerprint density at radius 2 is 1.70 bits per heavy atom. The highest BCUT2D eigenvalue weighted by atomic mass is 32.2. The minimum absolute atomic E-state index is 0.141. The largest absolute Gasteiger partial charge is 0.465 e. The molecular formula is C14H22F2O6S. The molecule has 2 aliphatic rings. The van der Waals surface area contributed by atoms with E-state index in [-0.39, 0.29) is 11.8 Å². The molecule has 2 bridgehead atoms. The molecule has 0 saturated heterocycles. The van der Waals surface area contributed by atoms with Crippen molar-refractivity contribution in [2.75, 3.05) is 6.61 Å². The van der Waals surface area contributed by atoms with Crippen LogP contribution in [0.4, 0.5) is 8.78 Å². The second-order valence-corrected chi connectivity index (χ2v) is 8.96. The number of rotatable bonds is 4. The van der Waals surface area contributed by atoms with Gasteiger partial charge in [-0.3, -0.25) is 4.55 Å². The van der Waals surface area contributed by atoms with Gasteiger partial charge in [0.1, 0.15) is 0 Å². The molecule has 0 aromatic carbocycles. The Balaban J connectivity index is 2.13. The quantitative estimate of drug-likeness (QED) is 0.590. The Labute approximate surface area is 134 Å². The number of carbonyl (C=O) groups excluding carboxylic acids is 1. The van der Waals surface area contributed by atoms with E-state index in [2.05, 4.69) is 4.74 Å². The molecule has 2 aliphatic carbocycles. The van der Waals surface area contributed by atoms with Crippen molar-refractivity contribution in [3.05, 3.63) is 0 Å². The lowest BCUT2D eigenvalue weighted by Gasteiger charge is -2.53. The SMILES string of the molecule is CC1CC2(O)CC(C)CC(COC(=O)C(F)(F)S(=O)(=O)O)(C1)C2. The summed E-state index contributed by atoms with van der Waals surface area (Å²) in [7, 11) is -5.87. The first-order valence-electron chi connectivity index (χ1n) is 7.53. The first-order valence-corrected chi connectivity index (χ1v) is 8.97. The van der Waals surface area contributed by atoms with Crippen LogP contribution < -0.4 is 0 Å². The van der Waals surface area contributed by atoms with Gasteiger partial charge in [-0.15, -0.1) is 0 Å². The summed E-state index contributed by atoms with van der Waals surface area (Å²) >= 11 is 0. The van der Waals surface area contributed by atoms with E-state index in [1.807, 2.05) is 13.8 Å². The van der Waals surface area contributed by atoms with Gasteiger partial charge in [-0.1, -0.05) is 13.8 Å². The predicted octanol–water partition coefficient (Wildman–Crippen LogP) is 1.98. The van der Waals surface area contributed by atoms with Gasteiger partial charge in [-0.05, 0) is 43.9 Å². The maximum absolute atomic E-state index is 13.3. The molecule has 0 aromatic rings. The summed E-state index contributed by atoms with van der Waals surface area (Å²) in [5, 5.41) is 5.65. The number of hydrogen-bond acceptors (Lipinski definition) is 5. The number of aliphatic hydroxyl groups is 1. The molecule has 2 saturated carbocycles. The summed E-state index contributed by atoms with van der Waals surface area (Å²) in [6.45, 7) is 3.47. The van der Waals surface area contributed by atoms with Crippen molar-refractivity contribution >= 4 is 16.1 Å². The molecule has 134 valence electrons. The number of carbonyl (C=O) groups is 1. The average Bonchev–Trinajstić information content (AvgIpc) is 2.31. The van der Waals surface area contributed by atoms with Crippen LogP contribution in [0.5, 0.6) is 0 Å². The standard InChI is InChI=1S/C14H22F2O6S/c1-9-3-12(4-10(2)6-13(18,5-9)7-12)8-22-11(17)14(15,16)23(19,20)21/h9-10,18H,3-8H2,1-2H3,(H,19,20,21). The summed E-state index contributed by atoms with van der Waals surface area (Å²) in [4.78, 5) is 11.4. The van der Waals surface area contributed by atoms with Gasteiger partial charge in [0.05, 0.1) is 12.2 Å². The molecule has 9 heteroatoms.